The highest BCUT2D eigenvalue weighted by atomic mass is 35.5. The molecule has 1 amide bonds. The minimum Gasteiger partial charge on any atom is -0.396 e. The van der Waals surface area contributed by atoms with Crippen molar-refractivity contribution in [2.45, 2.75) is 6.92 Å². The van der Waals surface area contributed by atoms with E-state index in [2.05, 4.69) is 5.32 Å². The summed E-state index contributed by atoms with van der Waals surface area (Å²) in [4.78, 5) is 12.1. The average Bonchev–Trinajstić information content (AvgIpc) is 2.37. The lowest BCUT2D eigenvalue weighted by Crippen LogP contribution is -2.13. The van der Waals surface area contributed by atoms with Crippen molar-refractivity contribution in [3.63, 3.8) is 0 Å². The highest BCUT2D eigenvalue weighted by molar-refractivity contribution is 6.32. The van der Waals surface area contributed by atoms with Crippen LogP contribution in [-0.4, -0.2) is 5.91 Å². The molecule has 2 rings (SSSR count). The Morgan fingerprint density at radius 1 is 1.32 bits per heavy atom. The summed E-state index contributed by atoms with van der Waals surface area (Å²) < 4.78 is 13.3. The summed E-state index contributed by atoms with van der Waals surface area (Å²) >= 11 is 5.95. The molecule has 0 saturated heterocycles. The molecule has 0 fully saturated rings. The van der Waals surface area contributed by atoms with Crippen LogP contribution in [0.1, 0.15) is 15.9 Å². The Balaban J connectivity index is 2.26. The summed E-state index contributed by atoms with van der Waals surface area (Å²) in [6.45, 7) is 1.75. The predicted octanol–water partition coefficient (Wildman–Crippen LogP) is 3.62. The number of hydrogen-bond donors (Lipinski definition) is 2. The molecule has 98 valence electrons. The summed E-state index contributed by atoms with van der Waals surface area (Å²) in [5, 5.41) is 3.11. The van der Waals surface area contributed by atoms with Crippen molar-refractivity contribution in [1.29, 1.82) is 0 Å². The molecular formula is C14H12ClFN2O. The first-order valence-corrected chi connectivity index (χ1v) is 5.98. The molecule has 2 aromatic rings. The first-order chi connectivity index (χ1) is 8.99. The molecule has 0 unspecified atom stereocenters. The van der Waals surface area contributed by atoms with E-state index in [9.17, 15) is 9.18 Å². The van der Waals surface area contributed by atoms with Crippen LogP contribution < -0.4 is 11.1 Å². The molecule has 0 bridgehead atoms. The van der Waals surface area contributed by atoms with Crippen LogP contribution in [0.15, 0.2) is 36.4 Å². The molecule has 5 heteroatoms. The zero-order valence-corrected chi connectivity index (χ0v) is 11.0. The van der Waals surface area contributed by atoms with E-state index >= 15 is 0 Å². The van der Waals surface area contributed by atoms with Gasteiger partial charge in [0.25, 0.3) is 5.91 Å². The standard InChI is InChI=1S/C14H12ClFN2O/c1-8-10(3-2-4-11(8)15)14(19)18-9-5-6-13(17)12(16)7-9/h2-7H,17H2,1H3,(H,18,19). The molecule has 19 heavy (non-hydrogen) atoms. The van der Waals surface area contributed by atoms with Gasteiger partial charge in [-0.3, -0.25) is 4.79 Å². The average molecular weight is 279 g/mol. The van der Waals surface area contributed by atoms with E-state index < -0.39 is 5.82 Å². The van der Waals surface area contributed by atoms with Gasteiger partial charge in [0, 0.05) is 16.3 Å². The van der Waals surface area contributed by atoms with Crippen LogP contribution in [0.5, 0.6) is 0 Å². The maximum atomic E-state index is 13.3. The van der Waals surface area contributed by atoms with E-state index in [1.807, 2.05) is 0 Å². The smallest absolute Gasteiger partial charge is 0.255 e. The predicted molar refractivity (Wildman–Crippen MR) is 75.0 cm³/mol. The van der Waals surface area contributed by atoms with Crippen molar-refractivity contribution in [2.75, 3.05) is 11.1 Å². The molecule has 0 aromatic heterocycles. The van der Waals surface area contributed by atoms with Gasteiger partial charge in [-0.2, -0.15) is 0 Å². The summed E-state index contributed by atoms with van der Waals surface area (Å²) in [6, 6.07) is 9.16. The van der Waals surface area contributed by atoms with Gasteiger partial charge < -0.3 is 11.1 Å². The van der Waals surface area contributed by atoms with E-state index in [1.54, 1.807) is 25.1 Å². The zero-order valence-electron chi connectivity index (χ0n) is 10.2. The van der Waals surface area contributed by atoms with E-state index in [1.165, 1.54) is 18.2 Å². The molecule has 0 radical (unpaired) electrons. The van der Waals surface area contributed by atoms with Gasteiger partial charge in [-0.05, 0) is 42.8 Å². The van der Waals surface area contributed by atoms with Gasteiger partial charge in [0.1, 0.15) is 5.82 Å². The van der Waals surface area contributed by atoms with Crippen molar-refractivity contribution in [3.8, 4) is 0 Å². The Kier molecular flexibility index (Phi) is 3.71. The lowest BCUT2D eigenvalue weighted by Gasteiger charge is -2.09. The second-order valence-electron chi connectivity index (χ2n) is 4.10. The minimum absolute atomic E-state index is 0.0388. The molecular weight excluding hydrogens is 267 g/mol. The molecule has 0 spiro atoms. The first-order valence-electron chi connectivity index (χ1n) is 5.60. The summed E-state index contributed by atoms with van der Waals surface area (Å²) in [5.74, 6) is -0.912. The Morgan fingerprint density at radius 2 is 2.05 bits per heavy atom. The van der Waals surface area contributed by atoms with Crippen molar-refractivity contribution < 1.29 is 9.18 Å². The maximum Gasteiger partial charge on any atom is 0.255 e. The largest absolute Gasteiger partial charge is 0.396 e. The fraction of sp³-hybridized carbons (Fsp3) is 0.0714. The molecule has 0 heterocycles. The number of nitrogen functional groups attached to an aromatic ring is 1. The van der Waals surface area contributed by atoms with Gasteiger partial charge in [0.2, 0.25) is 0 Å². The lowest BCUT2D eigenvalue weighted by atomic mass is 10.1. The van der Waals surface area contributed by atoms with Crippen LogP contribution in [0.2, 0.25) is 5.02 Å². The fourth-order valence-corrected chi connectivity index (χ4v) is 1.83. The Morgan fingerprint density at radius 3 is 2.74 bits per heavy atom. The summed E-state index contributed by atoms with van der Waals surface area (Å²) in [5.41, 5.74) is 6.88. The third-order valence-electron chi connectivity index (χ3n) is 2.77. The highest BCUT2D eigenvalue weighted by Crippen LogP contribution is 2.21. The van der Waals surface area contributed by atoms with Gasteiger partial charge in [-0.15, -0.1) is 0 Å². The van der Waals surface area contributed by atoms with Crippen molar-refractivity contribution in [1.82, 2.24) is 0 Å². The van der Waals surface area contributed by atoms with Crippen LogP contribution in [0.25, 0.3) is 0 Å². The molecule has 0 aliphatic rings. The highest BCUT2D eigenvalue weighted by Gasteiger charge is 2.11. The summed E-state index contributed by atoms with van der Waals surface area (Å²) in [6.07, 6.45) is 0. The lowest BCUT2D eigenvalue weighted by molar-refractivity contribution is 0.102. The minimum atomic E-state index is -0.569. The van der Waals surface area contributed by atoms with E-state index in [0.29, 0.717) is 21.8 Å². The number of carbonyl (C=O) groups excluding carboxylic acids is 1. The van der Waals surface area contributed by atoms with Crippen LogP contribution in [0.4, 0.5) is 15.8 Å². The van der Waals surface area contributed by atoms with Crippen LogP contribution in [0, 0.1) is 12.7 Å². The molecule has 0 saturated carbocycles. The molecule has 3 nitrogen and oxygen atoms in total. The SMILES string of the molecule is Cc1c(Cl)cccc1C(=O)Nc1ccc(N)c(F)c1. The fourth-order valence-electron chi connectivity index (χ4n) is 1.66. The Bertz CT molecular complexity index is 643. The van der Waals surface area contributed by atoms with Gasteiger partial charge in [0.05, 0.1) is 5.69 Å². The van der Waals surface area contributed by atoms with Crippen molar-refractivity contribution >= 4 is 28.9 Å². The number of amides is 1. The third-order valence-corrected chi connectivity index (χ3v) is 3.18. The van der Waals surface area contributed by atoms with Crippen LogP contribution in [-0.2, 0) is 0 Å². The van der Waals surface area contributed by atoms with Crippen molar-refractivity contribution in [3.05, 3.63) is 58.4 Å². The molecule has 0 atom stereocenters. The zero-order chi connectivity index (χ0) is 14.0. The number of rotatable bonds is 2. The number of hydrogen-bond acceptors (Lipinski definition) is 2. The van der Waals surface area contributed by atoms with E-state index in [0.717, 1.165) is 0 Å². The van der Waals surface area contributed by atoms with Gasteiger partial charge in [-0.25, -0.2) is 4.39 Å². The maximum absolute atomic E-state index is 13.3. The van der Waals surface area contributed by atoms with E-state index in [4.69, 9.17) is 17.3 Å². The van der Waals surface area contributed by atoms with Crippen LogP contribution >= 0.6 is 11.6 Å². The number of nitrogens with one attached hydrogen (secondary N) is 1. The van der Waals surface area contributed by atoms with Gasteiger partial charge in [-0.1, -0.05) is 17.7 Å². The third kappa shape index (κ3) is 2.85. The van der Waals surface area contributed by atoms with Crippen molar-refractivity contribution in [2.24, 2.45) is 0 Å². The summed E-state index contributed by atoms with van der Waals surface area (Å²) in [7, 11) is 0. The monoisotopic (exact) mass is 278 g/mol. The molecule has 2 aromatic carbocycles. The van der Waals surface area contributed by atoms with E-state index in [-0.39, 0.29) is 11.6 Å². The number of benzene rings is 2. The molecule has 0 aliphatic carbocycles. The quantitative estimate of drug-likeness (QED) is 0.824. The van der Waals surface area contributed by atoms with Gasteiger partial charge in [0.15, 0.2) is 0 Å². The first kappa shape index (κ1) is 13.4. The second-order valence-corrected chi connectivity index (χ2v) is 4.51. The van der Waals surface area contributed by atoms with Crippen LogP contribution in [0.3, 0.4) is 0 Å². The normalized spacial score (nSPS) is 10.3. The number of anilines is 2. The number of carbonyl (C=O) groups is 1. The topological polar surface area (TPSA) is 55.1 Å². The number of halogens is 2. The Hall–Kier alpha value is -2.07. The molecule has 0 aliphatic heterocycles. The Labute approximate surface area is 115 Å². The number of nitrogens with two attached hydrogens (primary N) is 1. The molecule has 3 N–H and O–H groups in total. The second kappa shape index (κ2) is 5.28. The van der Waals surface area contributed by atoms with Gasteiger partial charge >= 0.3 is 0 Å².